The molecule has 0 fully saturated rings. The van der Waals surface area contributed by atoms with E-state index in [0.717, 1.165) is 23.8 Å². The number of para-hydroxylation sites is 1. The average molecular weight is 325 g/mol. The Balaban J connectivity index is 1.88. The highest BCUT2D eigenvalue weighted by molar-refractivity contribution is 9.09. The molecule has 0 saturated heterocycles. The number of aromatic nitrogens is 1. The van der Waals surface area contributed by atoms with Crippen molar-refractivity contribution in [3.8, 4) is 0 Å². The number of nitrogens with zero attached hydrogens (tertiary/aromatic N) is 1. The second-order valence-corrected chi connectivity index (χ2v) is 5.74. The molecule has 0 aliphatic heterocycles. The average Bonchev–Trinajstić information content (AvgIpc) is 2.82. The predicted octanol–water partition coefficient (Wildman–Crippen LogP) is 3.05. The third-order valence-electron chi connectivity index (χ3n) is 3.00. The molecule has 19 heavy (non-hydrogen) atoms. The van der Waals surface area contributed by atoms with Gasteiger partial charge in [0.2, 0.25) is 5.91 Å². The molecular formula is C14H17BrN2O2. The summed E-state index contributed by atoms with van der Waals surface area (Å²) in [4.78, 5) is 12.3. The SMILES string of the molecule is CCC(Br)CCNC(=O)Cc1noc2ccccc12. The fraction of sp³-hybridized carbons (Fsp3) is 0.429. The Labute approximate surface area is 120 Å². The van der Waals surface area contributed by atoms with Crippen LogP contribution in [0.5, 0.6) is 0 Å². The molecule has 102 valence electrons. The van der Waals surface area contributed by atoms with E-state index in [1.54, 1.807) is 0 Å². The summed E-state index contributed by atoms with van der Waals surface area (Å²) in [7, 11) is 0. The van der Waals surface area contributed by atoms with Gasteiger partial charge in [0, 0.05) is 16.8 Å². The first-order valence-corrected chi connectivity index (χ1v) is 7.36. The first kappa shape index (κ1) is 14.1. The summed E-state index contributed by atoms with van der Waals surface area (Å²) in [5.74, 6) is -0.0187. The van der Waals surface area contributed by atoms with Gasteiger partial charge in [0.25, 0.3) is 0 Å². The van der Waals surface area contributed by atoms with Crippen LogP contribution in [0.1, 0.15) is 25.5 Å². The van der Waals surface area contributed by atoms with Gasteiger partial charge in [-0.2, -0.15) is 0 Å². The summed E-state index contributed by atoms with van der Waals surface area (Å²) in [5, 5.41) is 7.76. The molecule has 4 nitrogen and oxygen atoms in total. The van der Waals surface area contributed by atoms with Crippen LogP contribution in [0.3, 0.4) is 0 Å². The Bertz CT molecular complexity index is 553. The first-order chi connectivity index (χ1) is 9.20. The second kappa shape index (κ2) is 6.70. The molecule has 2 rings (SSSR count). The summed E-state index contributed by atoms with van der Waals surface area (Å²) in [6, 6.07) is 7.57. The van der Waals surface area contributed by atoms with Gasteiger partial charge in [0.15, 0.2) is 5.58 Å². The van der Waals surface area contributed by atoms with Crippen molar-refractivity contribution in [3.05, 3.63) is 30.0 Å². The van der Waals surface area contributed by atoms with E-state index >= 15 is 0 Å². The molecule has 0 spiro atoms. The molecule has 0 aliphatic rings. The van der Waals surface area contributed by atoms with Crippen LogP contribution in [0.25, 0.3) is 11.0 Å². The van der Waals surface area contributed by atoms with E-state index < -0.39 is 0 Å². The minimum absolute atomic E-state index is 0.0187. The van der Waals surface area contributed by atoms with E-state index in [-0.39, 0.29) is 12.3 Å². The molecule has 0 bridgehead atoms. The Morgan fingerprint density at radius 3 is 3.05 bits per heavy atom. The van der Waals surface area contributed by atoms with E-state index in [9.17, 15) is 4.79 Å². The number of benzene rings is 1. The number of fused-ring (bicyclic) bond motifs is 1. The van der Waals surface area contributed by atoms with Gasteiger partial charge in [0.05, 0.1) is 6.42 Å². The summed E-state index contributed by atoms with van der Waals surface area (Å²) < 4.78 is 5.17. The van der Waals surface area contributed by atoms with E-state index in [4.69, 9.17) is 4.52 Å². The third kappa shape index (κ3) is 3.80. The van der Waals surface area contributed by atoms with Crippen LogP contribution in [0.15, 0.2) is 28.8 Å². The first-order valence-electron chi connectivity index (χ1n) is 6.44. The minimum Gasteiger partial charge on any atom is -0.356 e. The fourth-order valence-electron chi connectivity index (χ4n) is 1.85. The van der Waals surface area contributed by atoms with Crippen molar-refractivity contribution in [1.29, 1.82) is 0 Å². The molecule has 1 atom stereocenters. The maximum absolute atomic E-state index is 11.8. The third-order valence-corrected chi connectivity index (χ3v) is 4.11. The molecule has 1 aromatic carbocycles. The highest BCUT2D eigenvalue weighted by atomic mass is 79.9. The molecule has 1 heterocycles. The van der Waals surface area contributed by atoms with Crippen molar-refractivity contribution in [2.24, 2.45) is 0 Å². The quantitative estimate of drug-likeness (QED) is 0.831. The lowest BCUT2D eigenvalue weighted by molar-refractivity contribution is -0.120. The van der Waals surface area contributed by atoms with Gasteiger partial charge < -0.3 is 9.84 Å². The van der Waals surface area contributed by atoms with Crippen LogP contribution in [-0.2, 0) is 11.2 Å². The molecule has 0 saturated carbocycles. The topological polar surface area (TPSA) is 55.1 Å². The number of hydrogen-bond donors (Lipinski definition) is 1. The van der Waals surface area contributed by atoms with Gasteiger partial charge in [-0.3, -0.25) is 4.79 Å². The molecule has 0 aliphatic carbocycles. The highest BCUT2D eigenvalue weighted by Crippen LogP contribution is 2.18. The number of carbonyl (C=O) groups excluding carboxylic acids is 1. The zero-order valence-corrected chi connectivity index (χ0v) is 12.4. The summed E-state index contributed by atoms with van der Waals surface area (Å²) >= 11 is 3.54. The Hall–Kier alpha value is -1.36. The van der Waals surface area contributed by atoms with Gasteiger partial charge in [-0.05, 0) is 25.0 Å². The summed E-state index contributed by atoms with van der Waals surface area (Å²) in [6.45, 7) is 2.79. The van der Waals surface area contributed by atoms with Crippen molar-refractivity contribution in [2.75, 3.05) is 6.54 Å². The zero-order chi connectivity index (χ0) is 13.7. The normalized spacial score (nSPS) is 12.5. The Kier molecular flexibility index (Phi) is 4.96. The lowest BCUT2D eigenvalue weighted by Gasteiger charge is -2.07. The predicted molar refractivity (Wildman–Crippen MR) is 78.3 cm³/mol. The van der Waals surface area contributed by atoms with Crippen LogP contribution in [-0.4, -0.2) is 22.4 Å². The van der Waals surface area contributed by atoms with Crippen LogP contribution in [0, 0.1) is 0 Å². The number of rotatable bonds is 6. The monoisotopic (exact) mass is 324 g/mol. The lowest BCUT2D eigenvalue weighted by atomic mass is 10.1. The Morgan fingerprint density at radius 1 is 1.47 bits per heavy atom. The van der Waals surface area contributed by atoms with Crippen molar-refractivity contribution in [1.82, 2.24) is 10.5 Å². The molecule has 1 aromatic heterocycles. The molecule has 0 radical (unpaired) electrons. The van der Waals surface area contributed by atoms with E-state index in [1.165, 1.54) is 0 Å². The van der Waals surface area contributed by atoms with Crippen LogP contribution >= 0.6 is 15.9 Å². The van der Waals surface area contributed by atoms with Gasteiger partial charge >= 0.3 is 0 Å². The second-order valence-electron chi connectivity index (χ2n) is 4.45. The standard InChI is InChI=1S/C14H17BrN2O2/c1-2-10(15)7-8-16-14(18)9-12-11-5-3-4-6-13(11)19-17-12/h3-6,10H,2,7-9H2,1H3,(H,16,18). The molecule has 1 unspecified atom stereocenters. The van der Waals surface area contributed by atoms with E-state index in [2.05, 4.69) is 33.3 Å². The van der Waals surface area contributed by atoms with Crippen LogP contribution in [0.4, 0.5) is 0 Å². The van der Waals surface area contributed by atoms with Crippen LogP contribution in [0.2, 0.25) is 0 Å². The number of amides is 1. The molecular weight excluding hydrogens is 308 g/mol. The number of hydrogen-bond acceptors (Lipinski definition) is 3. The van der Waals surface area contributed by atoms with E-state index in [1.807, 2.05) is 24.3 Å². The van der Waals surface area contributed by atoms with Crippen molar-refractivity contribution < 1.29 is 9.32 Å². The van der Waals surface area contributed by atoms with Crippen molar-refractivity contribution in [2.45, 2.75) is 31.0 Å². The molecule has 1 N–H and O–H groups in total. The maximum Gasteiger partial charge on any atom is 0.226 e. The largest absolute Gasteiger partial charge is 0.356 e. The molecule has 1 amide bonds. The van der Waals surface area contributed by atoms with Gasteiger partial charge in [-0.15, -0.1) is 0 Å². The number of alkyl halides is 1. The Morgan fingerprint density at radius 2 is 2.26 bits per heavy atom. The minimum atomic E-state index is -0.0187. The smallest absolute Gasteiger partial charge is 0.226 e. The molecule has 5 heteroatoms. The number of nitrogens with one attached hydrogen (secondary N) is 1. The fourth-order valence-corrected chi connectivity index (χ4v) is 2.08. The van der Waals surface area contributed by atoms with Gasteiger partial charge in [0.1, 0.15) is 5.69 Å². The summed E-state index contributed by atoms with van der Waals surface area (Å²) in [5.41, 5.74) is 1.41. The van der Waals surface area contributed by atoms with Gasteiger partial charge in [-0.25, -0.2) is 0 Å². The lowest BCUT2D eigenvalue weighted by Crippen LogP contribution is -2.27. The number of halogens is 1. The van der Waals surface area contributed by atoms with Crippen molar-refractivity contribution in [3.63, 3.8) is 0 Å². The summed E-state index contributed by atoms with van der Waals surface area (Å²) in [6.07, 6.45) is 2.25. The van der Waals surface area contributed by atoms with Crippen molar-refractivity contribution >= 4 is 32.8 Å². The maximum atomic E-state index is 11.8. The van der Waals surface area contributed by atoms with Crippen LogP contribution < -0.4 is 5.32 Å². The van der Waals surface area contributed by atoms with Gasteiger partial charge in [-0.1, -0.05) is 40.1 Å². The number of carbonyl (C=O) groups is 1. The molecule has 2 aromatic rings. The van der Waals surface area contributed by atoms with E-state index in [0.29, 0.717) is 17.1 Å². The highest BCUT2D eigenvalue weighted by Gasteiger charge is 2.11. The zero-order valence-electron chi connectivity index (χ0n) is 10.9.